The lowest BCUT2D eigenvalue weighted by Crippen LogP contribution is -2.50. The summed E-state index contributed by atoms with van der Waals surface area (Å²) in [6, 6.07) is 4.50. The monoisotopic (exact) mass is 527 g/mol. The molecule has 0 bridgehead atoms. The second kappa shape index (κ2) is 9.46. The number of rotatable bonds is 6. The number of benzene rings is 1. The number of aromatic nitrogens is 2. The zero-order chi connectivity index (χ0) is 26.3. The van der Waals surface area contributed by atoms with Gasteiger partial charge in [0.25, 0.3) is 10.0 Å². The summed E-state index contributed by atoms with van der Waals surface area (Å²) in [6.07, 6.45) is 2.82. The number of alkyl halides is 2. The molecule has 2 aliphatic heterocycles. The fraction of sp³-hybridized carbons (Fsp3) is 0.429. The molecule has 12 nitrogen and oxygen atoms in total. The Bertz CT molecular complexity index is 1280. The number of sulfonamides is 1. The van der Waals surface area contributed by atoms with Crippen LogP contribution in [-0.4, -0.2) is 54.1 Å². The molecule has 0 aliphatic carbocycles. The van der Waals surface area contributed by atoms with Crippen LogP contribution in [-0.2, 0) is 14.8 Å². The number of amides is 1. The minimum Gasteiger partial charge on any atom is -0.484 e. The Morgan fingerprint density at radius 1 is 1.36 bits per heavy atom. The highest BCUT2D eigenvalue weighted by atomic mass is 32.2. The molecule has 2 aromatic rings. The highest BCUT2D eigenvalue weighted by Crippen LogP contribution is 2.39. The molecule has 0 unspecified atom stereocenters. The molecule has 1 atom stereocenters. The first-order valence-electron chi connectivity index (χ1n) is 11.0. The molecule has 196 valence electrons. The van der Waals surface area contributed by atoms with Crippen molar-refractivity contribution in [3.8, 4) is 5.75 Å². The van der Waals surface area contributed by atoms with Gasteiger partial charge in [-0.1, -0.05) is 0 Å². The van der Waals surface area contributed by atoms with Gasteiger partial charge in [-0.3, -0.25) is 14.6 Å². The molecule has 0 radical (unpaired) electrons. The topological polar surface area (TPSA) is 130 Å². The number of carbonyl (C=O) groups is 1. The zero-order valence-electron chi connectivity index (χ0n) is 20.0. The van der Waals surface area contributed by atoms with Gasteiger partial charge in [-0.25, -0.2) is 17.9 Å². The standard InChI is InChI=1S/C21H27F2N7O5S/c1-13-18(12-29(26-13)19(22)23)36(32,33)30-11-15(10-28-8-7-24-27-28)34-17-6-5-14(9-16(17)30)25-20(31)35-21(2,3)4/h5-9,12,15,19,24,27H,10-11H2,1-4H3,(H,25,31)/t15-/m0/s1. The number of anilines is 2. The Hall–Kier alpha value is -3.59. The summed E-state index contributed by atoms with van der Waals surface area (Å²) in [5, 5.41) is 7.88. The second-order valence-corrected chi connectivity index (χ2v) is 11.0. The van der Waals surface area contributed by atoms with Crippen molar-refractivity contribution in [2.45, 2.75) is 50.8 Å². The highest BCUT2D eigenvalue weighted by Gasteiger charge is 2.37. The van der Waals surface area contributed by atoms with Crippen molar-refractivity contribution in [2.24, 2.45) is 0 Å². The molecule has 2 aliphatic rings. The van der Waals surface area contributed by atoms with Crippen LogP contribution in [0.25, 0.3) is 0 Å². The van der Waals surface area contributed by atoms with Crippen LogP contribution in [0.15, 0.2) is 41.7 Å². The van der Waals surface area contributed by atoms with Crippen molar-refractivity contribution in [1.29, 1.82) is 0 Å². The number of halogens is 2. The van der Waals surface area contributed by atoms with E-state index in [1.807, 2.05) is 0 Å². The van der Waals surface area contributed by atoms with Crippen LogP contribution in [0.4, 0.5) is 25.0 Å². The number of hydrogen-bond donors (Lipinski definition) is 3. The van der Waals surface area contributed by atoms with E-state index in [4.69, 9.17) is 9.47 Å². The van der Waals surface area contributed by atoms with Crippen LogP contribution in [0, 0.1) is 6.92 Å². The summed E-state index contributed by atoms with van der Waals surface area (Å²) in [6.45, 7) is 3.62. The average Bonchev–Trinajstić information content (AvgIpc) is 3.41. The van der Waals surface area contributed by atoms with Crippen molar-refractivity contribution in [1.82, 2.24) is 25.7 Å². The number of hydrogen-bond acceptors (Lipinski definition) is 9. The van der Waals surface area contributed by atoms with E-state index in [-0.39, 0.29) is 40.8 Å². The van der Waals surface area contributed by atoms with E-state index in [0.717, 1.165) is 10.5 Å². The third kappa shape index (κ3) is 5.46. The van der Waals surface area contributed by atoms with Gasteiger partial charge in [-0.15, -0.1) is 5.53 Å². The van der Waals surface area contributed by atoms with Crippen LogP contribution in [0.1, 0.15) is 33.0 Å². The van der Waals surface area contributed by atoms with Gasteiger partial charge in [0.2, 0.25) is 0 Å². The van der Waals surface area contributed by atoms with Crippen molar-refractivity contribution in [3.05, 3.63) is 42.5 Å². The zero-order valence-corrected chi connectivity index (χ0v) is 20.8. The third-order valence-electron chi connectivity index (χ3n) is 5.12. The molecule has 4 rings (SSSR count). The molecule has 0 spiro atoms. The molecule has 36 heavy (non-hydrogen) atoms. The Labute approximate surface area is 206 Å². The summed E-state index contributed by atoms with van der Waals surface area (Å²) >= 11 is 0. The van der Waals surface area contributed by atoms with E-state index in [0.29, 0.717) is 4.68 Å². The Kier molecular flexibility index (Phi) is 6.70. The molecule has 1 aromatic carbocycles. The summed E-state index contributed by atoms with van der Waals surface area (Å²) in [5.41, 5.74) is 5.22. The SMILES string of the molecule is Cc1nn(C(F)F)cc1S(=O)(=O)N1C[C@H](CN2C=CNN2)Oc2ccc(NC(=O)OC(C)(C)C)cc21. The van der Waals surface area contributed by atoms with Crippen LogP contribution in [0.3, 0.4) is 0 Å². The summed E-state index contributed by atoms with van der Waals surface area (Å²) in [7, 11) is -4.34. The van der Waals surface area contributed by atoms with Crippen LogP contribution in [0.5, 0.6) is 5.75 Å². The maximum absolute atomic E-state index is 13.7. The maximum atomic E-state index is 13.7. The smallest absolute Gasteiger partial charge is 0.412 e. The first-order valence-corrected chi connectivity index (χ1v) is 12.4. The fourth-order valence-corrected chi connectivity index (χ4v) is 5.34. The molecule has 15 heteroatoms. The van der Waals surface area contributed by atoms with Crippen molar-refractivity contribution in [2.75, 3.05) is 22.7 Å². The lowest BCUT2D eigenvalue weighted by molar-refractivity contribution is 0.0560. The van der Waals surface area contributed by atoms with Gasteiger partial charge < -0.3 is 14.9 Å². The molecule has 0 saturated heterocycles. The largest absolute Gasteiger partial charge is 0.484 e. The third-order valence-corrected chi connectivity index (χ3v) is 7.00. The van der Waals surface area contributed by atoms with Gasteiger partial charge in [-0.05, 0) is 45.9 Å². The quantitative estimate of drug-likeness (QED) is 0.519. The van der Waals surface area contributed by atoms with Gasteiger partial charge in [0.05, 0.1) is 30.7 Å². The minimum atomic E-state index is -4.34. The molecule has 1 aromatic heterocycles. The number of aryl methyl sites for hydroxylation is 1. The predicted molar refractivity (Wildman–Crippen MR) is 126 cm³/mol. The Morgan fingerprint density at radius 3 is 2.72 bits per heavy atom. The van der Waals surface area contributed by atoms with E-state index >= 15 is 0 Å². The first kappa shape index (κ1) is 25.5. The van der Waals surface area contributed by atoms with Crippen LogP contribution >= 0.6 is 0 Å². The number of nitrogens with zero attached hydrogens (tertiary/aromatic N) is 4. The van der Waals surface area contributed by atoms with Gasteiger partial charge in [0.15, 0.2) is 0 Å². The summed E-state index contributed by atoms with van der Waals surface area (Å²) < 4.78 is 66.5. The highest BCUT2D eigenvalue weighted by molar-refractivity contribution is 7.92. The second-order valence-electron chi connectivity index (χ2n) is 9.15. The predicted octanol–water partition coefficient (Wildman–Crippen LogP) is 2.69. The van der Waals surface area contributed by atoms with E-state index in [9.17, 15) is 22.0 Å². The molecular weight excluding hydrogens is 500 g/mol. The van der Waals surface area contributed by atoms with E-state index in [1.54, 1.807) is 44.2 Å². The number of nitrogens with one attached hydrogen (secondary N) is 3. The maximum Gasteiger partial charge on any atom is 0.412 e. The number of fused-ring (bicyclic) bond motifs is 1. The normalized spacial score (nSPS) is 17.6. The molecule has 3 N–H and O–H groups in total. The van der Waals surface area contributed by atoms with Crippen molar-refractivity contribution < 1.29 is 31.5 Å². The van der Waals surface area contributed by atoms with Crippen molar-refractivity contribution >= 4 is 27.5 Å². The number of ether oxygens (including phenoxy) is 2. The average molecular weight is 528 g/mol. The van der Waals surface area contributed by atoms with Gasteiger partial charge >= 0.3 is 12.6 Å². The van der Waals surface area contributed by atoms with E-state index in [1.165, 1.54) is 19.1 Å². The lowest BCUT2D eigenvalue weighted by atomic mass is 10.2. The molecule has 1 amide bonds. The van der Waals surface area contributed by atoms with E-state index in [2.05, 4.69) is 21.4 Å². The molecular formula is C21H27F2N7O5S. The van der Waals surface area contributed by atoms with Crippen molar-refractivity contribution in [3.63, 3.8) is 0 Å². The van der Waals surface area contributed by atoms with Gasteiger partial charge in [0, 0.05) is 18.1 Å². The fourth-order valence-electron chi connectivity index (χ4n) is 3.68. The summed E-state index contributed by atoms with van der Waals surface area (Å²) in [4.78, 5) is 11.9. The molecule has 3 heterocycles. The number of carbonyl (C=O) groups excluding carboxylic acids is 1. The first-order chi connectivity index (χ1) is 16.8. The summed E-state index contributed by atoms with van der Waals surface area (Å²) in [5.74, 6) is 0.236. The van der Waals surface area contributed by atoms with Crippen LogP contribution < -0.4 is 25.3 Å². The lowest BCUT2D eigenvalue weighted by Gasteiger charge is -2.36. The number of hydrazine groups is 2. The minimum absolute atomic E-state index is 0.0729. The Balaban J connectivity index is 1.70. The Morgan fingerprint density at radius 2 is 2.11 bits per heavy atom. The molecule has 0 saturated carbocycles. The van der Waals surface area contributed by atoms with Gasteiger partial charge in [-0.2, -0.15) is 13.9 Å². The van der Waals surface area contributed by atoms with Gasteiger partial charge in [0.1, 0.15) is 22.4 Å². The van der Waals surface area contributed by atoms with E-state index < -0.39 is 34.4 Å². The van der Waals surface area contributed by atoms with Crippen LogP contribution in [0.2, 0.25) is 0 Å². The molecule has 0 fully saturated rings.